The van der Waals surface area contributed by atoms with Crippen LogP contribution in [0.2, 0.25) is 0 Å². The summed E-state index contributed by atoms with van der Waals surface area (Å²) >= 11 is 0. The third-order valence-corrected chi connectivity index (χ3v) is 0.890. The summed E-state index contributed by atoms with van der Waals surface area (Å²) in [4.78, 5) is 10.3. The molecule has 1 aliphatic rings. The van der Waals surface area contributed by atoms with Gasteiger partial charge in [-0.3, -0.25) is 5.01 Å². The van der Waals surface area contributed by atoms with Gasteiger partial charge in [0.1, 0.15) is 0 Å². The van der Waals surface area contributed by atoms with Crippen LogP contribution in [0.1, 0.15) is 0 Å². The van der Waals surface area contributed by atoms with Crippen LogP contribution >= 0.6 is 12.4 Å². The number of halogens is 1. The molecule has 4 nitrogen and oxygen atoms in total. The van der Waals surface area contributed by atoms with E-state index in [2.05, 4.69) is 5.32 Å². The molecule has 0 atom stereocenters. The largest absolute Gasteiger partial charge is 0.335 e. The molecule has 5 heteroatoms. The van der Waals surface area contributed by atoms with Gasteiger partial charge in [-0.15, -0.1) is 12.4 Å². The van der Waals surface area contributed by atoms with Crippen molar-refractivity contribution in [1.29, 1.82) is 0 Å². The molecule has 8 heavy (non-hydrogen) atoms. The van der Waals surface area contributed by atoms with E-state index < -0.39 is 0 Å². The Morgan fingerprint density at radius 1 is 1.75 bits per heavy atom. The van der Waals surface area contributed by atoms with Gasteiger partial charge in [0.2, 0.25) is 0 Å². The van der Waals surface area contributed by atoms with Crippen molar-refractivity contribution >= 4 is 18.4 Å². The van der Waals surface area contributed by atoms with Crippen molar-refractivity contribution in [3.8, 4) is 0 Å². The monoisotopic (exact) mass is 137 g/mol. The summed E-state index contributed by atoms with van der Waals surface area (Å²) in [7, 11) is 0. The highest BCUT2D eigenvalue weighted by Crippen LogP contribution is 1.84. The molecule has 0 unspecified atom stereocenters. The molecule has 1 heterocycles. The number of carbonyl (C=O) groups excluding carboxylic acids is 1. The molecule has 0 aliphatic carbocycles. The fourth-order valence-electron chi connectivity index (χ4n) is 0.486. The summed E-state index contributed by atoms with van der Waals surface area (Å²) in [5, 5.41) is 3.68. The number of carbonyl (C=O) groups is 1. The molecule has 1 fully saturated rings. The lowest BCUT2D eigenvalue weighted by Gasteiger charge is -2.01. The number of nitrogens with one attached hydrogen (secondary N) is 1. The number of amides is 2. The Morgan fingerprint density at radius 2 is 2.38 bits per heavy atom. The first kappa shape index (κ1) is 7.52. The fourth-order valence-corrected chi connectivity index (χ4v) is 0.486. The summed E-state index contributed by atoms with van der Waals surface area (Å²) in [6, 6.07) is -0.181. The van der Waals surface area contributed by atoms with Crippen molar-refractivity contribution in [2.24, 2.45) is 5.84 Å². The third kappa shape index (κ3) is 1.24. The van der Waals surface area contributed by atoms with Gasteiger partial charge < -0.3 is 5.32 Å². The van der Waals surface area contributed by atoms with Crippen LogP contribution in [0, 0.1) is 0 Å². The molecule has 0 aromatic heterocycles. The normalized spacial score (nSPS) is 17.6. The zero-order valence-corrected chi connectivity index (χ0v) is 5.07. The summed E-state index contributed by atoms with van der Waals surface area (Å²) in [5.41, 5.74) is 0. The van der Waals surface area contributed by atoms with Crippen molar-refractivity contribution in [2.45, 2.75) is 0 Å². The van der Waals surface area contributed by atoms with Crippen molar-refractivity contribution in [2.75, 3.05) is 13.1 Å². The molecule has 2 amide bonds. The van der Waals surface area contributed by atoms with Crippen LogP contribution in [0.3, 0.4) is 0 Å². The summed E-state index contributed by atoms with van der Waals surface area (Å²) in [6.45, 7) is 1.30. The summed E-state index contributed by atoms with van der Waals surface area (Å²) < 4.78 is 0. The van der Waals surface area contributed by atoms with Gasteiger partial charge in [0.05, 0.1) is 6.54 Å². The maximum atomic E-state index is 10.3. The van der Waals surface area contributed by atoms with Crippen molar-refractivity contribution in [1.82, 2.24) is 10.3 Å². The molecule has 48 valence electrons. The van der Waals surface area contributed by atoms with Crippen molar-refractivity contribution in [3.63, 3.8) is 0 Å². The Morgan fingerprint density at radius 3 is 2.50 bits per heavy atom. The van der Waals surface area contributed by atoms with E-state index in [9.17, 15) is 4.79 Å². The molecule has 0 aromatic carbocycles. The molecular formula is C3H8ClN3O. The van der Waals surface area contributed by atoms with Crippen LogP contribution in [-0.4, -0.2) is 24.1 Å². The van der Waals surface area contributed by atoms with Gasteiger partial charge in [0.15, 0.2) is 0 Å². The van der Waals surface area contributed by atoms with Crippen LogP contribution in [0.4, 0.5) is 4.79 Å². The first-order valence-electron chi connectivity index (χ1n) is 2.11. The average Bonchev–Trinajstić information content (AvgIpc) is 1.91. The van der Waals surface area contributed by atoms with Gasteiger partial charge >= 0.3 is 6.03 Å². The molecule has 1 saturated heterocycles. The predicted octanol–water partition coefficient (Wildman–Crippen LogP) is -0.693. The second kappa shape index (κ2) is 2.74. The minimum Gasteiger partial charge on any atom is -0.335 e. The lowest BCUT2D eigenvalue weighted by Crippen LogP contribution is -2.34. The Hall–Kier alpha value is -0.480. The molecule has 1 aliphatic heterocycles. The number of urea groups is 1. The number of rotatable bonds is 0. The zero-order chi connectivity index (χ0) is 5.28. The van der Waals surface area contributed by atoms with Crippen molar-refractivity contribution < 1.29 is 4.79 Å². The van der Waals surface area contributed by atoms with E-state index >= 15 is 0 Å². The van der Waals surface area contributed by atoms with E-state index in [0.29, 0.717) is 13.1 Å². The van der Waals surface area contributed by atoms with E-state index in [1.165, 1.54) is 0 Å². The topological polar surface area (TPSA) is 58.4 Å². The first-order chi connectivity index (χ1) is 3.30. The first-order valence-corrected chi connectivity index (χ1v) is 2.11. The predicted molar refractivity (Wildman–Crippen MR) is 31.5 cm³/mol. The van der Waals surface area contributed by atoms with Crippen LogP contribution in [0.15, 0.2) is 0 Å². The SMILES string of the molecule is Cl.NN1CCNC1=O. The number of hydrogen-bond donors (Lipinski definition) is 2. The summed E-state index contributed by atoms with van der Waals surface area (Å²) in [6.07, 6.45) is 0. The molecule has 0 spiro atoms. The lowest BCUT2D eigenvalue weighted by atomic mass is 10.7. The Bertz CT molecular complexity index is 96.5. The van der Waals surface area contributed by atoms with E-state index in [1.54, 1.807) is 0 Å². The summed E-state index contributed by atoms with van der Waals surface area (Å²) in [5.74, 6) is 5.10. The fraction of sp³-hybridized carbons (Fsp3) is 0.667. The Balaban J connectivity index is 0.000000490. The molecule has 0 aromatic rings. The van der Waals surface area contributed by atoms with Gasteiger partial charge in [-0.05, 0) is 0 Å². The minimum absolute atomic E-state index is 0. The molecule has 0 bridgehead atoms. The zero-order valence-electron chi connectivity index (χ0n) is 4.26. The smallest absolute Gasteiger partial charge is 0.331 e. The van der Waals surface area contributed by atoms with E-state index in [1.807, 2.05) is 0 Å². The second-order valence-corrected chi connectivity index (χ2v) is 1.43. The highest BCUT2D eigenvalue weighted by molar-refractivity contribution is 5.85. The molecule has 3 N–H and O–H groups in total. The van der Waals surface area contributed by atoms with Gasteiger partial charge in [-0.2, -0.15) is 0 Å². The maximum absolute atomic E-state index is 10.3. The van der Waals surface area contributed by atoms with Crippen LogP contribution < -0.4 is 11.2 Å². The van der Waals surface area contributed by atoms with E-state index in [4.69, 9.17) is 5.84 Å². The lowest BCUT2D eigenvalue weighted by molar-refractivity contribution is 0.218. The van der Waals surface area contributed by atoms with Gasteiger partial charge in [0, 0.05) is 6.54 Å². The number of hydrogen-bond acceptors (Lipinski definition) is 2. The second-order valence-electron chi connectivity index (χ2n) is 1.43. The van der Waals surface area contributed by atoms with Gasteiger partial charge in [-0.25, -0.2) is 10.6 Å². The van der Waals surface area contributed by atoms with Gasteiger partial charge in [0.25, 0.3) is 0 Å². The van der Waals surface area contributed by atoms with Crippen molar-refractivity contribution in [3.05, 3.63) is 0 Å². The van der Waals surface area contributed by atoms with E-state index in [-0.39, 0.29) is 18.4 Å². The number of nitrogens with zero attached hydrogens (tertiary/aromatic N) is 1. The van der Waals surface area contributed by atoms with Crippen LogP contribution in [0.25, 0.3) is 0 Å². The number of nitrogens with two attached hydrogens (primary N) is 1. The molecule has 1 rings (SSSR count). The Labute approximate surface area is 53.4 Å². The average molecular weight is 138 g/mol. The highest BCUT2D eigenvalue weighted by Gasteiger charge is 2.13. The third-order valence-electron chi connectivity index (χ3n) is 0.890. The minimum atomic E-state index is -0.181. The standard InChI is InChI=1S/C3H7N3O.ClH/c4-6-2-1-5-3(6)7;/h1-2,4H2,(H,5,7);1H. The van der Waals surface area contributed by atoms with Gasteiger partial charge in [-0.1, -0.05) is 0 Å². The van der Waals surface area contributed by atoms with E-state index in [0.717, 1.165) is 5.01 Å². The molecule has 0 saturated carbocycles. The highest BCUT2D eigenvalue weighted by atomic mass is 35.5. The van der Waals surface area contributed by atoms with Crippen LogP contribution in [0.5, 0.6) is 0 Å². The maximum Gasteiger partial charge on any atom is 0.331 e. The molecular weight excluding hydrogens is 130 g/mol. The Kier molecular flexibility index (Phi) is 2.57. The van der Waals surface area contributed by atoms with Crippen LogP contribution in [-0.2, 0) is 0 Å². The number of hydrazine groups is 1. The quantitative estimate of drug-likeness (QED) is 0.343. The molecule has 0 radical (unpaired) electrons.